The number of aliphatic hydroxyl groups is 9. The highest BCUT2D eigenvalue weighted by Gasteiger charge is 2.54. The van der Waals surface area contributed by atoms with Crippen LogP contribution in [0.5, 0.6) is 0 Å². The molecule has 17 nitrogen and oxygen atoms in total. The smallest absolute Gasteiger partial charge is 0.187 e. The lowest BCUT2D eigenvalue weighted by molar-refractivity contribution is -0.396. The lowest BCUT2D eigenvalue weighted by atomic mass is 9.96. The van der Waals surface area contributed by atoms with E-state index in [9.17, 15) is 46.0 Å². The Kier molecular flexibility index (Phi) is 15.4. The Morgan fingerprint density at radius 1 is 0.388 bits per heavy atom. The maximum Gasteiger partial charge on any atom is 0.187 e. The van der Waals surface area contributed by atoms with Crippen LogP contribution in [0.4, 0.5) is 0 Å². The van der Waals surface area contributed by atoms with Crippen molar-refractivity contribution in [1.29, 1.82) is 0 Å². The van der Waals surface area contributed by atoms with Crippen LogP contribution < -0.4 is 0 Å². The van der Waals surface area contributed by atoms with Crippen molar-refractivity contribution in [1.82, 2.24) is 0 Å². The van der Waals surface area contributed by atoms with Crippen LogP contribution in [0.15, 0.2) is 0 Å². The number of aliphatic hydroxyl groups excluding tert-OH is 9. The summed E-state index contributed by atoms with van der Waals surface area (Å²) in [5.74, 6) is 0. The minimum atomic E-state index is -1.80. The monoisotopic (exact) mass is 714 g/mol. The van der Waals surface area contributed by atoms with Gasteiger partial charge in [-0.25, -0.2) is 0 Å². The summed E-state index contributed by atoms with van der Waals surface area (Å²) in [5.41, 5.74) is 0. The van der Waals surface area contributed by atoms with Gasteiger partial charge in [-0.3, -0.25) is 0 Å². The van der Waals surface area contributed by atoms with Gasteiger partial charge in [0.05, 0.1) is 24.4 Å². The van der Waals surface area contributed by atoms with Gasteiger partial charge in [0.15, 0.2) is 25.2 Å². The molecule has 0 aromatic rings. The van der Waals surface area contributed by atoms with Gasteiger partial charge in [-0.15, -0.1) is 0 Å². The zero-order valence-corrected chi connectivity index (χ0v) is 28.8. The summed E-state index contributed by atoms with van der Waals surface area (Å²) in [6, 6.07) is 0. The molecule has 0 amide bonds. The van der Waals surface area contributed by atoms with Crippen LogP contribution in [-0.2, 0) is 37.9 Å². The molecule has 20 atom stereocenters. The summed E-state index contributed by atoms with van der Waals surface area (Å²) in [7, 11) is 0. The molecule has 4 aliphatic heterocycles. The molecule has 0 saturated carbocycles. The normalized spacial score (nSPS) is 49.6. The molecular formula is C32H58O17. The Balaban J connectivity index is 1.48. The third-order valence-electron chi connectivity index (χ3n) is 9.81. The van der Waals surface area contributed by atoms with E-state index in [1.54, 1.807) is 6.92 Å². The summed E-state index contributed by atoms with van der Waals surface area (Å²) in [6.07, 6.45) is -22.2. The van der Waals surface area contributed by atoms with Gasteiger partial charge < -0.3 is 83.9 Å². The lowest BCUT2D eigenvalue weighted by Crippen LogP contribution is -2.66. The molecule has 0 radical (unpaired) electrons. The topological polar surface area (TPSA) is 256 Å². The SMILES string of the molecule is CCCCCCCCO[C@@H]1O[C@@H](C)[C@H](O)[C@@H](O)[C@H]1O[C@@H]1O[C@@H](C)[C@H](O)[C@@H](O)[C@H]1O[C@@H]1O[C@@H](C)[C@H](O)[C@@H](O[C@@H]2O[C@@H](C)[C@H](O)[C@@H](O)[C@H]2O)[C@H]1O. The average Bonchev–Trinajstić information content (AvgIpc) is 3.07. The average molecular weight is 715 g/mol. The molecule has 0 aromatic heterocycles. The van der Waals surface area contributed by atoms with Crippen molar-refractivity contribution in [3.05, 3.63) is 0 Å². The molecule has 4 rings (SSSR count). The van der Waals surface area contributed by atoms with E-state index in [1.807, 2.05) is 0 Å². The summed E-state index contributed by atoms with van der Waals surface area (Å²) in [6.45, 7) is 8.37. The molecule has 0 spiro atoms. The molecule has 288 valence electrons. The quantitative estimate of drug-likeness (QED) is 0.0861. The molecule has 0 aromatic carbocycles. The Hall–Kier alpha value is -0.680. The predicted molar refractivity (Wildman–Crippen MR) is 165 cm³/mol. The van der Waals surface area contributed by atoms with Gasteiger partial charge >= 0.3 is 0 Å². The van der Waals surface area contributed by atoms with Crippen LogP contribution in [0.2, 0.25) is 0 Å². The van der Waals surface area contributed by atoms with Crippen LogP contribution in [-0.4, -0.2) is 175 Å². The number of hydrogen-bond donors (Lipinski definition) is 9. The summed E-state index contributed by atoms with van der Waals surface area (Å²) < 4.78 is 46.6. The second-order valence-electron chi connectivity index (χ2n) is 13.7. The van der Waals surface area contributed by atoms with Crippen molar-refractivity contribution in [2.45, 2.75) is 196 Å². The fraction of sp³-hybridized carbons (Fsp3) is 1.00. The molecule has 4 aliphatic rings. The number of unbranched alkanes of at least 4 members (excludes halogenated alkanes) is 5. The maximum atomic E-state index is 11.3. The van der Waals surface area contributed by atoms with Crippen LogP contribution in [0, 0.1) is 0 Å². The second-order valence-corrected chi connectivity index (χ2v) is 13.7. The summed E-state index contributed by atoms with van der Waals surface area (Å²) >= 11 is 0. The lowest BCUT2D eigenvalue weighted by Gasteiger charge is -2.49. The number of ether oxygens (including phenoxy) is 8. The van der Waals surface area contributed by atoms with E-state index in [0.29, 0.717) is 0 Å². The zero-order chi connectivity index (χ0) is 36.2. The van der Waals surface area contributed by atoms with Crippen LogP contribution in [0.3, 0.4) is 0 Å². The van der Waals surface area contributed by atoms with Crippen molar-refractivity contribution in [3.8, 4) is 0 Å². The van der Waals surface area contributed by atoms with Crippen molar-refractivity contribution in [2.75, 3.05) is 6.61 Å². The first-order valence-corrected chi connectivity index (χ1v) is 17.5. The minimum Gasteiger partial charge on any atom is -0.388 e. The van der Waals surface area contributed by atoms with Crippen molar-refractivity contribution in [2.24, 2.45) is 0 Å². The highest BCUT2D eigenvalue weighted by Crippen LogP contribution is 2.35. The molecule has 49 heavy (non-hydrogen) atoms. The molecule has 0 unspecified atom stereocenters. The first-order chi connectivity index (χ1) is 23.2. The van der Waals surface area contributed by atoms with E-state index >= 15 is 0 Å². The molecule has 4 saturated heterocycles. The molecule has 9 N–H and O–H groups in total. The molecule has 0 bridgehead atoms. The van der Waals surface area contributed by atoms with E-state index in [-0.39, 0.29) is 6.61 Å². The van der Waals surface area contributed by atoms with E-state index in [4.69, 9.17) is 37.9 Å². The van der Waals surface area contributed by atoms with Gasteiger partial charge in [-0.1, -0.05) is 39.0 Å². The summed E-state index contributed by atoms with van der Waals surface area (Å²) in [4.78, 5) is 0. The maximum absolute atomic E-state index is 11.3. The second kappa shape index (κ2) is 18.4. The van der Waals surface area contributed by atoms with Gasteiger partial charge in [0.1, 0.15) is 73.2 Å². The highest BCUT2D eigenvalue weighted by atomic mass is 16.8. The Bertz CT molecular complexity index is 980. The summed E-state index contributed by atoms with van der Waals surface area (Å²) in [5, 5.41) is 96.3. The number of rotatable bonds is 14. The van der Waals surface area contributed by atoms with E-state index in [0.717, 1.165) is 38.5 Å². The Labute approximate surface area is 286 Å². The van der Waals surface area contributed by atoms with Gasteiger partial charge in [0, 0.05) is 6.61 Å². The van der Waals surface area contributed by atoms with Crippen LogP contribution >= 0.6 is 0 Å². The Morgan fingerprint density at radius 3 is 1.39 bits per heavy atom. The van der Waals surface area contributed by atoms with Crippen LogP contribution in [0.1, 0.15) is 73.1 Å². The first kappa shape index (κ1) is 41.1. The van der Waals surface area contributed by atoms with E-state index in [2.05, 4.69) is 6.92 Å². The molecular weight excluding hydrogens is 656 g/mol. The minimum absolute atomic E-state index is 0.285. The fourth-order valence-electron chi connectivity index (χ4n) is 6.48. The molecule has 4 heterocycles. The molecule has 17 heteroatoms. The third kappa shape index (κ3) is 9.66. The van der Waals surface area contributed by atoms with E-state index < -0.39 is 123 Å². The third-order valence-corrected chi connectivity index (χ3v) is 9.81. The standard InChI is InChI=1S/C32H58O17/c1-6-7-8-9-10-11-12-42-31-27(22(38)18(34)14(3)45-31)49-32-28(23(39)19(35)15(4)46-32)48-30-25(41)26(20(36)16(5)44-30)47-29-24(40)21(37)17(33)13(2)43-29/h13-41H,6-12H2,1-5H3/t13-,14-,15-,16-,17-,18-,19-,20-,21+,22+,23+,24+,25+,26+,27+,28+,29-,30-,31+,32-/m0/s1. The fourth-order valence-corrected chi connectivity index (χ4v) is 6.48. The molecule has 4 fully saturated rings. The van der Waals surface area contributed by atoms with Gasteiger partial charge in [-0.05, 0) is 34.1 Å². The zero-order valence-electron chi connectivity index (χ0n) is 28.8. The van der Waals surface area contributed by atoms with Gasteiger partial charge in [0.2, 0.25) is 0 Å². The van der Waals surface area contributed by atoms with Crippen molar-refractivity contribution >= 4 is 0 Å². The van der Waals surface area contributed by atoms with Crippen molar-refractivity contribution in [3.63, 3.8) is 0 Å². The van der Waals surface area contributed by atoms with Crippen molar-refractivity contribution < 1.29 is 83.9 Å². The van der Waals surface area contributed by atoms with E-state index in [1.165, 1.54) is 20.8 Å². The Morgan fingerprint density at radius 2 is 0.796 bits per heavy atom. The van der Waals surface area contributed by atoms with Gasteiger partial charge in [0.25, 0.3) is 0 Å². The highest BCUT2D eigenvalue weighted by molar-refractivity contribution is 4.96. The molecule has 0 aliphatic carbocycles. The number of hydrogen-bond acceptors (Lipinski definition) is 17. The van der Waals surface area contributed by atoms with Gasteiger partial charge in [-0.2, -0.15) is 0 Å². The predicted octanol–water partition coefficient (Wildman–Crippen LogP) is -2.25. The largest absolute Gasteiger partial charge is 0.388 e. The van der Waals surface area contributed by atoms with Crippen LogP contribution in [0.25, 0.3) is 0 Å². The first-order valence-electron chi connectivity index (χ1n) is 17.5.